The van der Waals surface area contributed by atoms with E-state index in [4.69, 9.17) is 16.3 Å². The lowest BCUT2D eigenvalue weighted by molar-refractivity contribution is -0.152. The van der Waals surface area contributed by atoms with Crippen molar-refractivity contribution in [1.82, 2.24) is 9.80 Å². The Kier molecular flexibility index (Phi) is 6.25. The molecule has 4 aliphatic rings. The highest BCUT2D eigenvalue weighted by Gasteiger charge is 2.75. The first-order valence-corrected chi connectivity index (χ1v) is 12.9. The van der Waals surface area contributed by atoms with E-state index in [1.54, 1.807) is 41.1 Å². The third-order valence-corrected chi connectivity index (χ3v) is 8.62. The Balaban J connectivity index is 1.72. The zero-order chi connectivity index (χ0) is 25.8. The largest absolute Gasteiger partial charge is 0.394 e. The number of aliphatic hydroxyl groups is 1. The van der Waals surface area contributed by atoms with Crippen molar-refractivity contribution in [2.24, 2.45) is 11.8 Å². The van der Waals surface area contributed by atoms with Crippen LogP contribution in [0.5, 0.6) is 0 Å². The molecule has 0 aromatic heterocycles. The summed E-state index contributed by atoms with van der Waals surface area (Å²) in [7, 11) is 1.72. The molecule has 0 aliphatic carbocycles. The minimum absolute atomic E-state index is 0.178. The number of likely N-dealkylation sites (N-methyl/N-ethyl adjacent to an activating group) is 1. The number of hydrogen-bond donors (Lipinski definition) is 1. The lowest BCUT2D eigenvalue weighted by Crippen LogP contribution is -2.59. The molecule has 2 saturated heterocycles. The molecule has 0 radical (unpaired) electrons. The van der Waals surface area contributed by atoms with Crippen LogP contribution in [0.2, 0.25) is 5.02 Å². The molecule has 0 bridgehead atoms. The molecule has 5 rings (SSSR count). The van der Waals surface area contributed by atoms with Crippen LogP contribution in [-0.4, -0.2) is 82.7 Å². The summed E-state index contributed by atoms with van der Waals surface area (Å²) in [5, 5.41) is 10.6. The molecule has 1 unspecified atom stereocenters. The van der Waals surface area contributed by atoms with Crippen LogP contribution in [0.3, 0.4) is 0 Å². The molecule has 3 amide bonds. The number of carbonyl (C=O) groups excluding carboxylic acids is 3. The van der Waals surface area contributed by atoms with E-state index in [1.165, 1.54) is 4.90 Å². The zero-order valence-electron chi connectivity index (χ0n) is 20.8. The maximum absolute atomic E-state index is 14.4. The second-order valence-electron chi connectivity index (χ2n) is 10.0. The van der Waals surface area contributed by atoms with E-state index in [0.717, 1.165) is 0 Å². The molecule has 2 fully saturated rings. The molecule has 0 saturated carbocycles. The second kappa shape index (κ2) is 9.01. The predicted octanol–water partition coefficient (Wildman–Crippen LogP) is 2.40. The van der Waals surface area contributed by atoms with Crippen LogP contribution in [0.15, 0.2) is 48.6 Å². The van der Waals surface area contributed by atoms with Crippen molar-refractivity contribution < 1.29 is 24.2 Å². The van der Waals surface area contributed by atoms with Gasteiger partial charge in [-0.3, -0.25) is 14.4 Å². The SMILES string of the molecule is CC[C@@H](CO)N1C(=O)[C@@H]2[C@@H]3C(=O)N(C)CC=C[C@]3(CC)O[C@@]23C=CCN(c2ccccc2Cl)C(=O)C13. The minimum atomic E-state index is -1.36. The number of amides is 3. The summed E-state index contributed by atoms with van der Waals surface area (Å²) >= 11 is 6.48. The van der Waals surface area contributed by atoms with Crippen LogP contribution >= 0.6 is 11.6 Å². The van der Waals surface area contributed by atoms with E-state index in [1.807, 2.05) is 38.2 Å². The molecule has 1 N–H and O–H groups in total. The van der Waals surface area contributed by atoms with Gasteiger partial charge in [0.25, 0.3) is 5.91 Å². The van der Waals surface area contributed by atoms with Gasteiger partial charge >= 0.3 is 0 Å². The third kappa shape index (κ3) is 3.31. The highest BCUT2D eigenvalue weighted by molar-refractivity contribution is 6.34. The van der Waals surface area contributed by atoms with Gasteiger partial charge in [0.1, 0.15) is 11.6 Å². The van der Waals surface area contributed by atoms with E-state index in [2.05, 4.69) is 0 Å². The summed E-state index contributed by atoms with van der Waals surface area (Å²) < 4.78 is 6.88. The Morgan fingerprint density at radius 2 is 1.78 bits per heavy atom. The van der Waals surface area contributed by atoms with Crippen molar-refractivity contribution in [2.75, 3.05) is 31.6 Å². The lowest BCUT2D eigenvalue weighted by atomic mass is 9.73. The van der Waals surface area contributed by atoms with E-state index < -0.39 is 35.1 Å². The third-order valence-electron chi connectivity index (χ3n) is 8.30. The van der Waals surface area contributed by atoms with Gasteiger partial charge in [-0.2, -0.15) is 0 Å². The number of nitrogens with zero attached hydrogens (tertiary/aromatic N) is 3. The van der Waals surface area contributed by atoms with Crippen LogP contribution in [-0.2, 0) is 19.1 Å². The van der Waals surface area contributed by atoms with Crippen molar-refractivity contribution in [3.8, 4) is 0 Å². The average Bonchev–Trinajstić information content (AvgIpc) is 3.17. The summed E-state index contributed by atoms with van der Waals surface area (Å²) in [4.78, 5) is 47.0. The number of para-hydroxylation sites is 1. The molecule has 36 heavy (non-hydrogen) atoms. The summed E-state index contributed by atoms with van der Waals surface area (Å²) in [6, 6.07) is 5.43. The Morgan fingerprint density at radius 3 is 2.44 bits per heavy atom. The molecule has 192 valence electrons. The molecule has 1 aromatic rings. The molecule has 8 nitrogen and oxygen atoms in total. The Bertz CT molecular complexity index is 1150. The summed E-state index contributed by atoms with van der Waals surface area (Å²) in [5.41, 5.74) is -1.84. The Labute approximate surface area is 216 Å². The van der Waals surface area contributed by atoms with Gasteiger partial charge in [0.15, 0.2) is 0 Å². The van der Waals surface area contributed by atoms with Gasteiger partial charge in [-0.15, -0.1) is 0 Å². The van der Waals surface area contributed by atoms with Crippen molar-refractivity contribution in [1.29, 1.82) is 0 Å². The molecular weight excluding hydrogens is 482 g/mol. The zero-order valence-corrected chi connectivity index (χ0v) is 21.5. The summed E-state index contributed by atoms with van der Waals surface area (Å²) in [6.07, 6.45) is 8.36. The van der Waals surface area contributed by atoms with Gasteiger partial charge < -0.3 is 24.5 Å². The topological polar surface area (TPSA) is 90.4 Å². The molecule has 6 atom stereocenters. The van der Waals surface area contributed by atoms with E-state index in [0.29, 0.717) is 30.1 Å². The fourth-order valence-electron chi connectivity index (χ4n) is 6.52. The standard InChI is InChI=1S/C27H32ClN3O5/c1-4-17(16-32)31-22-25(35)30(19-11-7-6-10-18(19)28)15-9-13-27(22)21(24(31)34)20-23(33)29(3)14-8-12-26(20,5-2)36-27/h6-13,17,20-22,32H,4-5,14-16H2,1-3H3/t17-,20+,21-,22?,26-,27-/m0/s1. The molecule has 4 aliphatic heterocycles. The first kappa shape index (κ1) is 25.0. The number of aliphatic hydroxyl groups excluding tert-OH is 1. The maximum Gasteiger partial charge on any atom is 0.253 e. The molecule has 4 heterocycles. The molecule has 1 spiro atoms. The van der Waals surface area contributed by atoms with Gasteiger partial charge in [0, 0.05) is 20.1 Å². The molecule has 9 heteroatoms. The smallest absolute Gasteiger partial charge is 0.253 e. The van der Waals surface area contributed by atoms with Crippen LogP contribution in [0.1, 0.15) is 26.7 Å². The number of likely N-dealkylation sites (tertiary alicyclic amines) is 1. The van der Waals surface area contributed by atoms with Gasteiger partial charge in [0.05, 0.1) is 40.8 Å². The van der Waals surface area contributed by atoms with Crippen molar-refractivity contribution in [3.63, 3.8) is 0 Å². The fourth-order valence-corrected chi connectivity index (χ4v) is 6.75. The average molecular weight is 514 g/mol. The van der Waals surface area contributed by atoms with Gasteiger partial charge in [0.2, 0.25) is 11.8 Å². The number of fused-ring (bicyclic) bond motifs is 2. The van der Waals surface area contributed by atoms with Crippen LogP contribution in [0.25, 0.3) is 0 Å². The Hall–Kier alpha value is -2.68. The molecular formula is C27H32ClN3O5. The fraction of sp³-hybridized carbons (Fsp3) is 0.519. The second-order valence-corrected chi connectivity index (χ2v) is 10.4. The Morgan fingerprint density at radius 1 is 1.06 bits per heavy atom. The number of ether oxygens (including phenoxy) is 1. The number of anilines is 1. The number of halogens is 1. The van der Waals surface area contributed by atoms with E-state index in [-0.39, 0.29) is 30.9 Å². The first-order chi connectivity index (χ1) is 17.3. The minimum Gasteiger partial charge on any atom is -0.394 e. The highest BCUT2D eigenvalue weighted by atomic mass is 35.5. The predicted molar refractivity (Wildman–Crippen MR) is 135 cm³/mol. The highest BCUT2D eigenvalue weighted by Crippen LogP contribution is 2.59. The first-order valence-electron chi connectivity index (χ1n) is 12.6. The van der Waals surface area contributed by atoms with Crippen LogP contribution in [0, 0.1) is 11.8 Å². The normalized spacial score (nSPS) is 34.4. The van der Waals surface area contributed by atoms with E-state index >= 15 is 0 Å². The van der Waals surface area contributed by atoms with Crippen molar-refractivity contribution >= 4 is 35.0 Å². The number of rotatable bonds is 5. The van der Waals surface area contributed by atoms with Crippen LogP contribution < -0.4 is 4.90 Å². The number of benzene rings is 1. The summed E-state index contributed by atoms with van der Waals surface area (Å²) in [6.45, 7) is 4.16. The van der Waals surface area contributed by atoms with Crippen LogP contribution in [0.4, 0.5) is 5.69 Å². The number of hydrogen-bond acceptors (Lipinski definition) is 5. The lowest BCUT2D eigenvalue weighted by Gasteiger charge is -2.40. The monoisotopic (exact) mass is 513 g/mol. The maximum atomic E-state index is 14.4. The van der Waals surface area contributed by atoms with Crippen molar-refractivity contribution in [3.05, 3.63) is 53.6 Å². The molecule has 1 aromatic carbocycles. The van der Waals surface area contributed by atoms with E-state index in [9.17, 15) is 19.5 Å². The van der Waals surface area contributed by atoms with Crippen molar-refractivity contribution in [2.45, 2.75) is 50.0 Å². The van der Waals surface area contributed by atoms with Gasteiger partial charge in [-0.25, -0.2) is 0 Å². The van der Waals surface area contributed by atoms with Gasteiger partial charge in [-0.1, -0.05) is 61.9 Å². The number of carbonyl (C=O) groups is 3. The summed E-state index contributed by atoms with van der Waals surface area (Å²) in [5.74, 6) is -2.54. The quantitative estimate of drug-likeness (QED) is 0.611. The van der Waals surface area contributed by atoms with Gasteiger partial charge in [-0.05, 0) is 25.0 Å².